The molecular weight excluding hydrogens is 238 g/mol. The lowest BCUT2D eigenvalue weighted by Crippen LogP contribution is -2.37. The van der Waals surface area contributed by atoms with Crippen LogP contribution >= 0.6 is 0 Å². The van der Waals surface area contributed by atoms with E-state index in [1.165, 1.54) is 19.3 Å². The number of rotatable bonds is 4. The van der Waals surface area contributed by atoms with Crippen LogP contribution in [-0.2, 0) is 5.54 Å². The number of nitrogens with zero attached hydrogens (tertiary/aromatic N) is 2. The van der Waals surface area contributed by atoms with Crippen LogP contribution in [0.2, 0.25) is 0 Å². The predicted molar refractivity (Wildman–Crippen MR) is 77.4 cm³/mol. The topological polar surface area (TPSA) is 53.1 Å². The summed E-state index contributed by atoms with van der Waals surface area (Å²) in [7, 11) is 0. The Kier molecular flexibility index (Phi) is 2.88. The van der Waals surface area contributed by atoms with Crippen molar-refractivity contribution in [3.63, 3.8) is 0 Å². The second kappa shape index (κ2) is 4.44. The van der Waals surface area contributed by atoms with Crippen molar-refractivity contribution < 1.29 is 4.74 Å². The molecular formula is C15H21N3O. The molecule has 1 aromatic heterocycles. The Labute approximate surface area is 113 Å². The van der Waals surface area contributed by atoms with Crippen LogP contribution in [0.3, 0.4) is 0 Å². The Morgan fingerprint density at radius 3 is 2.84 bits per heavy atom. The SMILES string of the molecule is CCCOc1cccc2c1nc(N)n2C1(C)CCC1. The van der Waals surface area contributed by atoms with Gasteiger partial charge < -0.3 is 15.0 Å². The third kappa shape index (κ3) is 1.86. The average molecular weight is 259 g/mol. The molecule has 0 bridgehead atoms. The number of para-hydroxylation sites is 1. The Balaban J connectivity index is 2.11. The number of nitrogen functional groups attached to an aromatic ring is 1. The van der Waals surface area contributed by atoms with E-state index in [0.717, 1.165) is 23.2 Å². The first-order chi connectivity index (χ1) is 9.15. The zero-order chi connectivity index (χ0) is 13.5. The van der Waals surface area contributed by atoms with Crippen molar-refractivity contribution in [1.82, 2.24) is 9.55 Å². The number of benzene rings is 1. The molecule has 3 rings (SSSR count). The number of aromatic nitrogens is 2. The van der Waals surface area contributed by atoms with Gasteiger partial charge in [-0.05, 0) is 44.7 Å². The molecule has 102 valence electrons. The number of nitrogens with two attached hydrogens (primary N) is 1. The average Bonchev–Trinajstić information content (AvgIpc) is 2.70. The molecule has 4 nitrogen and oxygen atoms in total. The maximum absolute atomic E-state index is 6.14. The summed E-state index contributed by atoms with van der Waals surface area (Å²) in [5, 5.41) is 0. The molecule has 19 heavy (non-hydrogen) atoms. The highest BCUT2D eigenvalue weighted by Gasteiger charge is 2.36. The zero-order valence-electron chi connectivity index (χ0n) is 11.6. The molecule has 0 radical (unpaired) electrons. The van der Waals surface area contributed by atoms with Crippen molar-refractivity contribution in [2.75, 3.05) is 12.3 Å². The lowest BCUT2D eigenvalue weighted by molar-refractivity contribution is 0.177. The fourth-order valence-corrected chi connectivity index (χ4v) is 2.90. The Hall–Kier alpha value is -1.71. The van der Waals surface area contributed by atoms with Crippen molar-refractivity contribution in [1.29, 1.82) is 0 Å². The number of hydrogen-bond acceptors (Lipinski definition) is 3. The highest BCUT2D eigenvalue weighted by Crippen LogP contribution is 2.43. The van der Waals surface area contributed by atoms with E-state index in [9.17, 15) is 0 Å². The van der Waals surface area contributed by atoms with Gasteiger partial charge in [-0.15, -0.1) is 0 Å². The van der Waals surface area contributed by atoms with Gasteiger partial charge in [0.1, 0.15) is 11.3 Å². The molecule has 0 amide bonds. The summed E-state index contributed by atoms with van der Waals surface area (Å²) in [6.07, 6.45) is 4.59. The van der Waals surface area contributed by atoms with Crippen molar-refractivity contribution in [3.8, 4) is 5.75 Å². The van der Waals surface area contributed by atoms with Gasteiger partial charge in [0.05, 0.1) is 12.1 Å². The van der Waals surface area contributed by atoms with E-state index in [1.807, 2.05) is 12.1 Å². The van der Waals surface area contributed by atoms with Gasteiger partial charge in [0.25, 0.3) is 0 Å². The fourth-order valence-electron chi connectivity index (χ4n) is 2.90. The third-order valence-corrected chi connectivity index (χ3v) is 4.11. The lowest BCUT2D eigenvalue weighted by Gasteiger charge is -2.40. The van der Waals surface area contributed by atoms with E-state index in [0.29, 0.717) is 12.6 Å². The molecule has 1 fully saturated rings. The largest absolute Gasteiger partial charge is 0.491 e. The van der Waals surface area contributed by atoms with Crippen LogP contribution in [-0.4, -0.2) is 16.2 Å². The minimum atomic E-state index is 0.127. The normalized spacial score (nSPS) is 17.4. The van der Waals surface area contributed by atoms with Gasteiger partial charge in [-0.25, -0.2) is 4.98 Å². The Bertz CT molecular complexity index is 599. The van der Waals surface area contributed by atoms with E-state index in [2.05, 4.69) is 29.5 Å². The summed E-state index contributed by atoms with van der Waals surface area (Å²) in [4.78, 5) is 4.53. The molecule has 2 N–H and O–H groups in total. The maximum Gasteiger partial charge on any atom is 0.201 e. The van der Waals surface area contributed by atoms with Gasteiger partial charge in [-0.1, -0.05) is 13.0 Å². The second-order valence-corrected chi connectivity index (χ2v) is 5.63. The molecule has 1 saturated carbocycles. The number of ether oxygens (including phenoxy) is 1. The van der Waals surface area contributed by atoms with E-state index < -0.39 is 0 Å². The van der Waals surface area contributed by atoms with Gasteiger partial charge in [0.2, 0.25) is 5.95 Å². The summed E-state index contributed by atoms with van der Waals surface area (Å²) < 4.78 is 7.95. The molecule has 0 aliphatic heterocycles. The predicted octanol–water partition coefficient (Wildman–Crippen LogP) is 3.31. The molecule has 0 spiro atoms. The van der Waals surface area contributed by atoms with E-state index in [-0.39, 0.29) is 5.54 Å². The zero-order valence-corrected chi connectivity index (χ0v) is 11.6. The molecule has 0 unspecified atom stereocenters. The first kappa shape index (κ1) is 12.3. The maximum atomic E-state index is 6.14. The molecule has 2 aromatic rings. The van der Waals surface area contributed by atoms with Crippen molar-refractivity contribution in [2.24, 2.45) is 0 Å². The molecule has 1 heterocycles. The summed E-state index contributed by atoms with van der Waals surface area (Å²) >= 11 is 0. The van der Waals surface area contributed by atoms with Gasteiger partial charge in [0, 0.05) is 5.54 Å². The number of hydrogen-bond donors (Lipinski definition) is 1. The Morgan fingerprint density at radius 1 is 1.42 bits per heavy atom. The molecule has 1 aromatic carbocycles. The first-order valence-corrected chi connectivity index (χ1v) is 7.06. The van der Waals surface area contributed by atoms with Crippen LogP contribution in [0.1, 0.15) is 39.5 Å². The summed E-state index contributed by atoms with van der Waals surface area (Å²) in [5.41, 5.74) is 8.25. The highest BCUT2D eigenvalue weighted by molar-refractivity contribution is 5.84. The molecule has 1 aliphatic carbocycles. The van der Waals surface area contributed by atoms with Crippen LogP contribution in [0.4, 0.5) is 5.95 Å². The number of fused-ring (bicyclic) bond motifs is 1. The second-order valence-electron chi connectivity index (χ2n) is 5.63. The third-order valence-electron chi connectivity index (χ3n) is 4.11. The van der Waals surface area contributed by atoms with Gasteiger partial charge in [-0.3, -0.25) is 0 Å². The highest BCUT2D eigenvalue weighted by atomic mass is 16.5. The summed E-state index contributed by atoms with van der Waals surface area (Å²) in [6.45, 7) is 5.07. The quantitative estimate of drug-likeness (QED) is 0.916. The first-order valence-electron chi connectivity index (χ1n) is 7.06. The minimum absolute atomic E-state index is 0.127. The molecule has 0 saturated heterocycles. The van der Waals surface area contributed by atoms with Gasteiger partial charge in [-0.2, -0.15) is 0 Å². The van der Waals surface area contributed by atoms with Crippen molar-refractivity contribution >= 4 is 17.0 Å². The van der Waals surface area contributed by atoms with Gasteiger partial charge in [0.15, 0.2) is 0 Å². The van der Waals surface area contributed by atoms with E-state index >= 15 is 0 Å². The van der Waals surface area contributed by atoms with Crippen LogP contribution < -0.4 is 10.5 Å². The van der Waals surface area contributed by atoms with Crippen molar-refractivity contribution in [3.05, 3.63) is 18.2 Å². The molecule has 4 heteroatoms. The fraction of sp³-hybridized carbons (Fsp3) is 0.533. The standard InChI is InChI=1S/C15H21N3O/c1-3-10-19-12-7-4-6-11-13(12)17-14(16)18(11)15(2)8-5-9-15/h4,6-7H,3,5,8-10H2,1-2H3,(H2,16,17). The van der Waals surface area contributed by atoms with E-state index in [1.54, 1.807) is 0 Å². The van der Waals surface area contributed by atoms with Crippen LogP contribution in [0.15, 0.2) is 18.2 Å². The number of imidazole rings is 1. The summed E-state index contributed by atoms with van der Waals surface area (Å²) in [5.74, 6) is 1.44. The van der Waals surface area contributed by atoms with Crippen molar-refractivity contribution in [2.45, 2.75) is 45.1 Å². The molecule has 1 aliphatic rings. The minimum Gasteiger partial charge on any atom is -0.491 e. The van der Waals surface area contributed by atoms with Gasteiger partial charge >= 0.3 is 0 Å². The van der Waals surface area contributed by atoms with Crippen LogP contribution in [0.25, 0.3) is 11.0 Å². The van der Waals surface area contributed by atoms with E-state index in [4.69, 9.17) is 10.5 Å². The van der Waals surface area contributed by atoms with Crippen LogP contribution in [0, 0.1) is 0 Å². The smallest absolute Gasteiger partial charge is 0.201 e. The monoisotopic (exact) mass is 259 g/mol. The molecule has 0 atom stereocenters. The van der Waals surface area contributed by atoms with Crippen LogP contribution in [0.5, 0.6) is 5.75 Å². The lowest BCUT2D eigenvalue weighted by atomic mass is 9.78. The summed E-state index contributed by atoms with van der Waals surface area (Å²) in [6, 6.07) is 6.08. The Morgan fingerprint density at radius 2 is 2.21 bits per heavy atom. The number of anilines is 1.